The fourth-order valence-electron chi connectivity index (χ4n) is 2.34. The third kappa shape index (κ3) is 3.96. The van der Waals surface area contributed by atoms with E-state index in [1.54, 1.807) is 0 Å². The molecule has 2 rings (SSSR count). The number of aromatic nitrogens is 2. The largest absolute Gasteiger partial charge is 0.476 e. The number of likely N-dealkylation sites (tertiary alicyclic amines) is 1. The van der Waals surface area contributed by atoms with Crippen molar-refractivity contribution in [1.82, 2.24) is 14.9 Å². The van der Waals surface area contributed by atoms with E-state index in [1.807, 2.05) is 0 Å². The number of anilines is 2. The van der Waals surface area contributed by atoms with Gasteiger partial charge in [0.05, 0.1) is 6.61 Å². The summed E-state index contributed by atoms with van der Waals surface area (Å²) in [7, 11) is 2.17. The van der Waals surface area contributed by atoms with Crippen LogP contribution in [0.15, 0.2) is 6.33 Å². The second kappa shape index (κ2) is 7.28. The molecule has 0 saturated carbocycles. The van der Waals surface area contributed by atoms with E-state index in [4.69, 9.17) is 10.5 Å². The Morgan fingerprint density at radius 1 is 1.40 bits per heavy atom. The zero-order valence-electron chi connectivity index (χ0n) is 12.4. The molecule has 1 aliphatic rings. The Morgan fingerprint density at radius 2 is 2.15 bits per heavy atom. The minimum absolute atomic E-state index is 0.479. The molecule has 1 fully saturated rings. The molecule has 0 radical (unpaired) electrons. The van der Waals surface area contributed by atoms with Gasteiger partial charge in [0, 0.05) is 6.54 Å². The summed E-state index contributed by atoms with van der Waals surface area (Å²) in [6.45, 7) is 5.90. The maximum atomic E-state index is 6.04. The Bertz CT molecular complexity index is 418. The fourth-order valence-corrected chi connectivity index (χ4v) is 2.34. The number of hydrogen-bond donors (Lipinski definition) is 2. The van der Waals surface area contributed by atoms with E-state index in [0.717, 1.165) is 26.1 Å². The maximum absolute atomic E-state index is 6.04. The van der Waals surface area contributed by atoms with Gasteiger partial charge in [-0.1, -0.05) is 6.92 Å². The number of nitrogens with zero attached hydrogens (tertiary/aromatic N) is 3. The third-order valence-electron chi connectivity index (χ3n) is 3.69. The van der Waals surface area contributed by atoms with Crippen LogP contribution in [0.2, 0.25) is 0 Å². The third-order valence-corrected chi connectivity index (χ3v) is 3.69. The monoisotopic (exact) mass is 279 g/mol. The quantitative estimate of drug-likeness (QED) is 0.824. The summed E-state index contributed by atoms with van der Waals surface area (Å²) in [5, 5.41) is 3.34. The molecule has 2 heterocycles. The molecule has 1 aliphatic heterocycles. The van der Waals surface area contributed by atoms with E-state index in [-0.39, 0.29) is 0 Å². The first-order chi connectivity index (χ1) is 9.70. The number of nitrogens with one attached hydrogen (secondary N) is 1. The first kappa shape index (κ1) is 14.8. The smallest absolute Gasteiger partial charge is 0.242 e. The molecular weight excluding hydrogens is 254 g/mol. The van der Waals surface area contributed by atoms with Crippen LogP contribution in [0.4, 0.5) is 11.5 Å². The van der Waals surface area contributed by atoms with Crippen molar-refractivity contribution >= 4 is 11.5 Å². The van der Waals surface area contributed by atoms with Gasteiger partial charge in [-0.15, -0.1) is 0 Å². The van der Waals surface area contributed by atoms with E-state index >= 15 is 0 Å². The zero-order chi connectivity index (χ0) is 14.4. The van der Waals surface area contributed by atoms with Crippen molar-refractivity contribution in [3.63, 3.8) is 0 Å². The summed E-state index contributed by atoms with van der Waals surface area (Å²) in [6, 6.07) is 0. The lowest BCUT2D eigenvalue weighted by Gasteiger charge is -2.29. The van der Waals surface area contributed by atoms with E-state index in [2.05, 4.69) is 34.2 Å². The lowest BCUT2D eigenvalue weighted by atomic mass is 9.97. The van der Waals surface area contributed by atoms with Gasteiger partial charge in [0.25, 0.3) is 0 Å². The molecule has 0 unspecified atom stereocenters. The molecular formula is C14H25N5O. The number of rotatable bonds is 6. The number of piperidine rings is 1. The molecule has 0 atom stereocenters. The molecule has 1 saturated heterocycles. The molecule has 1 aromatic heterocycles. The Kier molecular flexibility index (Phi) is 5.40. The number of ether oxygens (including phenoxy) is 1. The second-order valence-corrected chi connectivity index (χ2v) is 5.42. The predicted molar refractivity (Wildman–Crippen MR) is 80.9 cm³/mol. The Morgan fingerprint density at radius 3 is 2.85 bits per heavy atom. The van der Waals surface area contributed by atoms with Gasteiger partial charge >= 0.3 is 0 Å². The van der Waals surface area contributed by atoms with Gasteiger partial charge in [0.2, 0.25) is 5.88 Å². The summed E-state index contributed by atoms with van der Waals surface area (Å²) < 4.78 is 5.51. The van der Waals surface area contributed by atoms with Gasteiger partial charge < -0.3 is 20.7 Å². The summed E-state index contributed by atoms with van der Waals surface area (Å²) >= 11 is 0. The van der Waals surface area contributed by atoms with Crippen LogP contribution >= 0.6 is 0 Å². The first-order valence-electron chi connectivity index (χ1n) is 7.36. The van der Waals surface area contributed by atoms with Crippen molar-refractivity contribution in [2.45, 2.75) is 26.2 Å². The topological polar surface area (TPSA) is 76.3 Å². The van der Waals surface area contributed by atoms with Gasteiger partial charge in [0.1, 0.15) is 12.0 Å². The molecule has 0 aromatic carbocycles. The van der Waals surface area contributed by atoms with Crippen LogP contribution in [0.1, 0.15) is 26.2 Å². The van der Waals surface area contributed by atoms with Crippen molar-refractivity contribution < 1.29 is 4.74 Å². The molecule has 0 bridgehead atoms. The minimum Gasteiger partial charge on any atom is -0.476 e. The summed E-state index contributed by atoms with van der Waals surface area (Å²) in [5.74, 6) is 1.85. The SMILES string of the molecule is CCCOc1ncnc(NCC2CCN(C)CC2)c1N. The molecule has 112 valence electrons. The molecule has 1 aromatic rings. The molecule has 0 spiro atoms. The Hall–Kier alpha value is -1.56. The molecule has 20 heavy (non-hydrogen) atoms. The standard InChI is InChI=1S/C14H25N5O/c1-3-8-20-14-12(15)13(17-10-18-14)16-9-11-4-6-19(2)7-5-11/h10-11H,3-9,15H2,1-2H3,(H,16,17,18). The van der Waals surface area contributed by atoms with E-state index < -0.39 is 0 Å². The van der Waals surface area contributed by atoms with Crippen LogP contribution in [-0.4, -0.2) is 48.2 Å². The minimum atomic E-state index is 0.479. The van der Waals surface area contributed by atoms with Crippen molar-refractivity contribution in [2.24, 2.45) is 5.92 Å². The predicted octanol–water partition coefficient (Wildman–Crippen LogP) is 1.60. The van der Waals surface area contributed by atoms with Crippen molar-refractivity contribution in [3.8, 4) is 5.88 Å². The second-order valence-electron chi connectivity index (χ2n) is 5.42. The van der Waals surface area contributed by atoms with Crippen LogP contribution < -0.4 is 15.8 Å². The van der Waals surface area contributed by atoms with Gasteiger partial charge in [0.15, 0.2) is 5.82 Å². The maximum Gasteiger partial charge on any atom is 0.242 e. The van der Waals surface area contributed by atoms with Crippen LogP contribution in [0.25, 0.3) is 0 Å². The average Bonchev–Trinajstić information content (AvgIpc) is 2.47. The zero-order valence-corrected chi connectivity index (χ0v) is 12.4. The highest BCUT2D eigenvalue weighted by atomic mass is 16.5. The van der Waals surface area contributed by atoms with Gasteiger partial charge in [-0.2, -0.15) is 4.98 Å². The highest BCUT2D eigenvalue weighted by Gasteiger charge is 2.17. The van der Waals surface area contributed by atoms with Gasteiger partial charge in [-0.25, -0.2) is 4.98 Å². The average molecular weight is 279 g/mol. The highest BCUT2D eigenvalue weighted by molar-refractivity contribution is 5.66. The normalized spacial score (nSPS) is 17.1. The van der Waals surface area contributed by atoms with Crippen LogP contribution in [-0.2, 0) is 0 Å². The fraction of sp³-hybridized carbons (Fsp3) is 0.714. The number of nitrogens with two attached hydrogens (primary N) is 1. The number of nitrogen functional groups attached to an aromatic ring is 1. The summed E-state index contributed by atoms with van der Waals surface area (Å²) in [4.78, 5) is 10.7. The number of hydrogen-bond acceptors (Lipinski definition) is 6. The molecule has 6 nitrogen and oxygen atoms in total. The van der Waals surface area contributed by atoms with Gasteiger partial charge in [-0.3, -0.25) is 0 Å². The summed E-state index contributed by atoms with van der Waals surface area (Å²) in [5.41, 5.74) is 6.55. The van der Waals surface area contributed by atoms with E-state index in [1.165, 1.54) is 19.2 Å². The van der Waals surface area contributed by atoms with Crippen molar-refractivity contribution in [1.29, 1.82) is 0 Å². The highest BCUT2D eigenvalue weighted by Crippen LogP contribution is 2.25. The first-order valence-corrected chi connectivity index (χ1v) is 7.36. The molecule has 0 aliphatic carbocycles. The molecule has 3 N–H and O–H groups in total. The summed E-state index contributed by atoms with van der Waals surface area (Å²) in [6.07, 6.45) is 4.86. The van der Waals surface area contributed by atoms with Gasteiger partial charge in [-0.05, 0) is 45.3 Å². The van der Waals surface area contributed by atoms with Crippen molar-refractivity contribution in [2.75, 3.05) is 44.3 Å². The molecule has 0 amide bonds. The van der Waals surface area contributed by atoms with E-state index in [9.17, 15) is 0 Å². The lowest BCUT2D eigenvalue weighted by molar-refractivity contribution is 0.226. The van der Waals surface area contributed by atoms with Crippen LogP contribution in [0.5, 0.6) is 5.88 Å². The Labute approximate surface area is 120 Å². The lowest BCUT2D eigenvalue weighted by Crippen LogP contribution is -2.33. The van der Waals surface area contributed by atoms with Crippen LogP contribution in [0, 0.1) is 5.92 Å². The van der Waals surface area contributed by atoms with Crippen LogP contribution in [0.3, 0.4) is 0 Å². The van der Waals surface area contributed by atoms with E-state index in [0.29, 0.717) is 29.9 Å². The van der Waals surface area contributed by atoms with Crippen molar-refractivity contribution in [3.05, 3.63) is 6.33 Å². The molecule has 6 heteroatoms. The Balaban J connectivity index is 1.89.